The molecular formula is C15H16N2O4. The maximum absolute atomic E-state index is 10.6. The Morgan fingerprint density at radius 2 is 2.00 bits per heavy atom. The molecule has 0 aliphatic carbocycles. The van der Waals surface area contributed by atoms with Gasteiger partial charge in [0.05, 0.1) is 24.7 Å². The second kappa shape index (κ2) is 6.71. The topological polar surface area (TPSA) is 84.6 Å². The molecule has 0 fully saturated rings. The lowest BCUT2D eigenvalue weighted by molar-refractivity contribution is -0.384. The number of nitro groups is 1. The number of rotatable bonds is 6. The Labute approximate surface area is 122 Å². The third-order valence-electron chi connectivity index (χ3n) is 3.10. The van der Waals surface area contributed by atoms with Crippen molar-refractivity contribution in [3.05, 3.63) is 64.2 Å². The molecule has 110 valence electrons. The first-order chi connectivity index (χ1) is 10.1. The summed E-state index contributed by atoms with van der Waals surface area (Å²) in [6, 6.07) is 13.1. The molecule has 0 radical (unpaired) electrons. The van der Waals surface area contributed by atoms with Crippen LogP contribution >= 0.6 is 0 Å². The van der Waals surface area contributed by atoms with Gasteiger partial charge >= 0.3 is 0 Å². The number of non-ortho nitro benzene ring substituents is 1. The summed E-state index contributed by atoms with van der Waals surface area (Å²) in [5.74, 6) is 0.705. The number of benzene rings is 2. The van der Waals surface area contributed by atoms with Crippen LogP contribution in [0, 0.1) is 10.1 Å². The maximum atomic E-state index is 10.6. The number of nitrogens with one attached hydrogen (secondary N) is 1. The maximum Gasteiger partial charge on any atom is 0.269 e. The largest absolute Gasteiger partial charge is 0.497 e. The number of nitro benzene ring substituents is 1. The normalized spacial score (nSPS) is 11.7. The molecule has 0 aromatic heterocycles. The fourth-order valence-electron chi connectivity index (χ4n) is 1.97. The number of aliphatic hydroxyl groups is 1. The van der Waals surface area contributed by atoms with Crippen LogP contribution in [0.3, 0.4) is 0 Å². The van der Waals surface area contributed by atoms with Gasteiger partial charge in [-0.3, -0.25) is 10.1 Å². The fourth-order valence-corrected chi connectivity index (χ4v) is 1.97. The van der Waals surface area contributed by atoms with Gasteiger partial charge in [0.25, 0.3) is 5.69 Å². The van der Waals surface area contributed by atoms with E-state index in [9.17, 15) is 15.2 Å². The van der Waals surface area contributed by atoms with Gasteiger partial charge in [0.2, 0.25) is 0 Å². The van der Waals surface area contributed by atoms with Gasteiger partial charge in [0.15, 0.2) is 0 Å². The van der Waals surface area contributed by atoms with Gasteiger partial charge < -0.3 is 15.2 Å². The average molecular weight is 288 g/mol. The van der Waals surface area contributed by atoms with Crippen LogP contribution < -0.4 is 10.1 Å². The molecular weight excluding hydrogens is 272 g/mol. The third-order valence-corrected chi connectivity index (χ3v) is 3.10. The molecule has 2 aromatic rings. The first-order valence-electron chi connectivity index (χ1n) is 6.40. The number of hydrogen-bond acceptors (Lipinski definition) is 5. The monoisotopic (exact) mass is 288 g/mol. The highest BCUT2D eigenvalue weighted by molar-refractivity contribution is 5.50. The van der Waals surface area contributed by atoms with E-state index in [-0.39, 0.29) is 18.3 Å². The molecule has 0 saturated carbocycles. The Hall–Kier alpha value is -2.60. The summed E-state index contributed by atoms with van der Waals surface area (Å²) >= 11 is 0. The molecule has 2 rings (SSSR count). The van der Waals surface area contributed by atoms with Gasteiger partial charge in [-0.05, 0) is 29.8 Å². The highest BCUT2D eigenvalue weighted by Crippen LogP contribution is 2.24. The molecule has 21 heavy (non-hydrogen) atoms. The summed E-state index contributed by atoms with van der Waals surface area (Å²) in [6.45, 7) is -0.107. The van der Waals surface area contributed by atoms with E-state index in [2.05, 4.69) is 5.32 Å². The van der Waals surface area contributed by atoms with Crippen molar-refractivity contribution in [3.8, 4) is 5.75 Å². The van der Waals surface area contributed by atoms with E-state index in [1.54, 1.807) is 19.2 Å². The van der Waals surface area contributed by atoms with Gasteiger partial charge in [-0.25, -0.2) is 0 Å². The molecule has 0 bridgehead atoms. The van der Waals surface area contributed by atoms with Crippen molar-refractivity contribution in [1.82, 2.24) is 0 Å². The van der Waals surface area contributed by atoms with E-state index in [0.717, 1.165) is 5.56 Å². The van der Waals surface area contributed by atoms with Crippen molar-refractivity contribution in [3.63, 3.8) is 0 Å². The van der Waals surface area contributed by atoms with Crippen molar-refractivity contribution >= 4 is 11.4 Å². The lowest BCUT2D eigenvalue weighted by atomic mass is 10.1. The standard InChI is InChI=1S/C15H16N2O4/c1-21-14-4-2-3-11(9-14)15(10-18)16-12-5-7-13(8-6-12)17(19)20/h2-9,15-16,18H,10H2,1H3/t15-/m0/s1. The molecule has 6 nitrogen and oxygen atoms in total. The molecule has 0 spiro atoms. The summed E-state index contributed by atoms with van der Waals surface area (Å²) in [5, 5.41) is 23.3. The van der Waals surface area contributed by atoms with Crippen LogP contribution in [0.15, 0.2) is 48.5 Å². The summed E-state index contributed by atoms with van der Waals surface area (Å²) in [6.07, 6.45) is 0. The van der Waals surface area contributed by atoms with Gasteiger partial charge in [-0.2, -0.15) is 0 Å². The van der Waals surface area contributed by atoms with E-state index in [1.165, 1.54) is 12.1 Å². The lowest BCUT2D eigenvalue weighted by Gasteiger charge is -2.18. The molecule has 0 unspecified atom stereocenters. The SMILES string of the molecule is COc1cccc([C@H](CO)Nc2ccc([N+](=O)[O-])cc2)c1. The van der Waals surface area contributed by atoms with Crippen LogP contribution in [0.5, 0.6) is 5.75 Å². The molecule has 6 heteroatoms. The summed E-state index contributed by atoms with van der Waals surface area (Å²) in [4.78, 5) is 10.2. The van der Waals surface area contributed by atoms with Crippen LogP contribution in [-0.4, -0.2) is 23.7 Å². The molecule has 0 heterocycles. The first kappa shape index (κ1) is 14.8. The van der Waals surface area contributed by atoms with Crippen molar-refractivity contribution in [2.45, 2.75) is 6.04 Å². The van der Waals surface area contributed by atoms with E-state index in [4.69, 9.17) is 4.74 Å². The summed E-state index contributed by atoms with van der Waals surface area (Å²) < 4.78 is 5.16. The smallest absolute Gasteiger partial charge is 0.269 e. The Bertz CT molecular complexity index is 613. The zero-order valence-corrected chi connectivity index (χ0v) is 11.5. The first-order valence-corrected chi connectivity index (χ1v) is 6.40. The Morgan fingerprint density at radius 3 is 2.57 bits per heavy atom. The lowest BCUT2D eigenvalue weighted by Crippen LogP contribution is -2.14. The van der Waals surface area contributed by atoms with Crippen molar-refractivity contribution in [2.75, 3.05) is 19.0 Å². The predicted molar refractivity (Wildman–Crippen MR) is 79.5 cm³/mol. The predicted octanol–water partition coefficient (Wildman–Crippen LogP) is 2.75. The number of nitrogens with zero attached hydrogens (tertiary/aromatic N) is 1. The van der Waals surface area contributed by atoms with Crippen molar-refractivity contribution in [1.29, 1.82) is 0 Å². The second-order valence-corrected chi connectivity index (χ2v) is 4.46. The highest BCUT2D eigenvalue weighted by atomic mass is 16.6. The molecule has 0 aliphatic heterocycles. The van der Waals surface area contributed by atoms with Gasteiger partial charge in [-0.1, -0.05) is 12.1 Å². The van der Waals surface area contributed by atoms with Crippen LogP contribution in [0.25, 0.3) is 0 Å². The third kappa shape index (κ3) is 3.70. The van der Waals surface area contributed by atoms with E-state index >= 15 is 0 Å². The molecule has 0 aliphatic rings. The number of anilines is 1. The summed E-state index contributed by atoms with van der Waals surface area (Å²) in [7, 11) is 1.58. The van der Waals surface area contributed by atoms with Crippen LogP contribution in [-0.2, 0) is 0 Å². The van der Waals surface area contributed by atoms with Gasteiger partial charge in [0.1, 0.15) is 5.75 Å². The Balaban J connectivity index is 2.16. The van der Waals surface area contributed by atoms with Crippen molar-refractivity contribution in [2.24, 2.45) is 0 Å². The molecule has 0 saturated heterocycles. The fraction of sp³-hybridized carbons (Fsp3) is 0.200. The number of ether oxygens (including phenoxy) is 1. The average Bonchev–Trinajstić information content (AvgIpc) is 2.53. The Kier molecular flexibility index (Phi) is 4.73. The van der Waals surface area contributed by atoms with Crippen molar-refractivity contribution < 1.29 is 14.8 Å². The number of hydrogen-bond donors (Lipinski definition) is 2. The second-order valence-electron chi connectivity index (χ2n) is 4.46. The zero-order valence-electron chi connectivity index (χ0n) is 11.5. The quantitative estimate of drug-likeness (QED) is 0.630. The minimum absolute atomic E-state index is 0.0301. The van der Waals surface area contributed by atoms with Crippen LogP contribution in [0.2, 0.25) is 0 Å². The van der Waals surface area contributed by atoms with Gasteiger partial charge in [-0.15, -0.1) is 0 Å². The van der Waals surface area contributed by atoms with Gasteiger partial charge in [0, 0.05) is 17.8 Å². The van der Waals surface area contributed by atoms with E-state index in [1.807, 2.05) is 24.3 Å². The molecule has 2 aromatic carbocycles. The summed E-state index contributed by atoms with van der Waals surface area (Å²) in [5.41, 5.74) is 1.60. The molecule has 2 N–H and O–H groups in total. The minimum atomic E-state index is -0.449. The Morgan fingerprint density at radius 1 is 1.29 bits per heavy atom. The molecule has 0 amide bonds. The van der Waals surface area contributed by atoms with E-state index in [0.29, 0.717) is 11.4 Å². The van der Waals surface area contributed by atoms with E-state index < -0.39 is 4.92 Å². The van der Waals surface area contributed by atoms with Crippen LogP contribution in [0.4, 0.5) is 11.4 Å². The van der Waals surface area contributed by atoms with Crippen LogP contribution in [0.1, 0.15) is 11.6 Å². The number of aliphatic hydroxyl groups excluding tert-OH is 1. The molecule has 1 atom stereocenters. The highest BCUT2D eigenvalue weighted by Gasteiger charge is 2.12. The zero-order chi connectivity index (χ0) is 15.2. The number of methoxy groups -OCH3 is 1. The minimum Gasteiger partial charge on any atom is -0.497 e.